The minimum Gasteiger partial charge on any atom is -0.368 e. The van der Waals surface area contributed by atoms with Crippen LogP contribution in [0.2, 0.25) is 5.02 Å². The van der Waals surface area contributed by atoms with Crippen LogP contribution in [0.5, 0.6) is 0 Å². The van der Waals surface area contributed by atoms with E-state index in [1.54, 1.807) is 23.2 Å². The number of likely N-dealkylation sites (tertiary alicyclic amines) is 1. The minimum absolute atomic E-state index is 0.151. The van der Waals surface area contributed by atoms with Crippen molar-refractivity contribution in [3.63, 3.8) is 0 Å². The molecule has 1 saturated heterocycles. The van der Waals surface area contributed by atoms with Gasteiger partial charge in [0.25, 0.3) is 5.91 Å². The van der Waals surface area contributed by atoms with Gasteiger partial charge in [0.2, 0.25) is 5.95 Å². The number of anilines is 1. The Morgan fingerprint density at radius 1 is 1.14 bits per heavy atom. The average Bonchev–Trinajstić information content (AvgIpc) is 3.18. The van der Waals surface area contributed by atoms with Crippen LogP contribution in [-0.2, 0) is 0 Å². The highest BCUT2D eigenvalue weighted by Crippen LogP contribution is 2.37. The van der Waals surface area contributed by atoms with Crippen LogP contribution >= 0.6 is 11.6 Å². The summed E-state index contributed by atoms with van der Waals surface area (Å²) in [6.45, 7) is 0.602. The second-order valence-corrected chi connectivity index (χ2v) is 7.13. The van der Waals surface area contributed by atoms with Crippen molar-refractivity contribution in [3.05, 3.63) is 76.8 Å². The molecule has 1 aromatic heterocycles. The predicted molar refractivity (Wildman–Crippen MR) is 106 cm³/mol. The third-order valence-corrected chi connectivity index (χ3v) is 5.16. The summed E-state index contributed by atoms with van der Waals surface area (Å²) in [4.78, 5) is 23.4. The van der Waals surface area contributed by atoms with Crippen molar-refractivity contribution in [1.82, 2.24) is 14.9 Å². The molecule has 28 heavy (non-hydrogen) atoms. The Hall–Kier alpha value is -2.99. The molecule has 0 saturated carbocycles. The summed E-state index contributed by atoms with van der Waals surface area (Å²) in [7, 11) is 0. The highest BCUT2D eigenvalue weighted by molar-refractivity contribution is 6.30. The Morgan fingerprint density at radius 2 is 1.86 bits per heavy atom. The lowest BCUT2D eigenvalue weighted by Crippen LogP contribution is -2.31. The topological polar surface area (TPSA) is 72.1 Å². The monoisotopic (exact) mass is 396 g/mol. The minimum atomic E-state index is -0.372. The highest BCUT2D eigenvalue weighted by atomic mass is 35.5. The van der Waals surface area contributed by atoms with Gasteiger partial charge >= 0.3 is 0 Å². The van der Waals surface area contributed by atoms with Crippen LogP contribution in [-0.4, -0.2) is 27.3 Å². The third-order valence-electron chi connectivity index (χ3n) is 4.91. The molecule has 3 aromatic rings. The number of amides is 1. The summed E-state index contributed by atoms with van der Waals surface area (Å²) >= 11 is 6.00. The van der Waals surface area contributed by atoms with Crippen LogP contribution < -0.4 is 5.73 Å². The van der Waals surface area contributed by atoms with Crippen LogP contribution in [0, 0.1) is 5.82 Å². The van der Waals surface area contributed by atoms with Gasteiger partial charge in [-0.3, -0.25) is 4.79 Å². The van der Waals surface area contributed by atoms with E-state index < -0.39 is 0 Å². The summed E-state index contributed by atoms with van der Waals surface area (Å²) in [5.41, 5.74) is 8.73. The molecule has 4 rings (SSSR count). The van der Waals surface area contributed by atoms with Crippen LogP contribution in [0.4, 0.5) is 10.3 Å². The number of nitrogens with two attached hydrogens (primary N) is 1. The molecule has 1 amide bonds. The Balaban J connectivity index is 1.73. The lowest BCUT2D eigenvalue weighted by Gasteiger charge is -2.26. The number of carbonyl (C=O) groups is 1. The van der Waals surface area contributed by atoms with Gasteiger partial charge in [-0.25, -0.2) is 14.4 Å². The van der Waals surface area contributed by atoms with Gasteiger partial charge in [0, 0.05) is 28.9 Å². The fraction of sp³-hybridized carbons (Fsp3) is 0.190. The molecule has 142 valence electrons. The molecule has 1 fully saturated rings. The first-order valence-electron chi connectivity index (χ1n) is 8.98. The molecule has 2 N–H and O–H groups in total. The maximum atomic E-state index is 13.2. The Bertz CT molecular complexity index is 1010. The second-order valence-electron chi connectivity index (χ2n) is 6.70. The summed E-state index contributed by atoms with van der Waals surface area (Å²) < 4.78 is 13.2. The van der Waals surface area contributed by atoms with Crippen molar-refractivity contribution in [2.45, 2.75) is 18.9 Å². The van der Waals surface area contributed by atoms with E-state index in [1.807, 2.05) is 12.1 Å². The van der Waals surface area contributed by atoms with Gasteiger partial charge < -0.3 is 10.6 Å². The van der Waals surface area contributed by atoms with Gasteiger partial charge in [-0.05, 0) is 54.8 Å². The highest BCUT2D eigenvalue weighted by Gasteiger charge is 2.33. The largest absolute Gasteiger partial charge is 0.368 e. The lowest BCUT2D eigenvalue weighted by atomic mass is 9.99. The van der Waals surface area contributed by atoms with Crippen molar-refractivity contribution in [2.24, 2.45) is 0 Å². The zero-order valence-electron chi connectivity index (χ0n) is 15.0. The third kappa shape index (κ3) is 3.55. The summed E-state index contributed by atoms with van der Waals surface area (Å²) in [6, 6.07) is 12.7. The van der Waals surface area contributed by atoms with E-state index in [0.717, 1.165) is 24.0 Å². The molecule has 1 atom stereocenters. The first-order chi connectivity index (χ1) is 13.5. The smallest absolute Gasteiger partial charge is 0.254 e. The molecule has 0 unspecified atom stereocenters. The first-order valence-corrected chi connectivity index (χ1v) is 9.35. The number of nitrogens with zero attached hydrogens (tertiary/aromatic N) is 3. The quantitative estimate of drug-likeness (QED) is 0.707. The van der Waals surface area contributed by atoms with Crippen molar-refractivity contribution in [3.8, 4) is 11.1 Å². The van der Waals surface area contributed by atoms with Crippen LogP contribution in [0.15, 0.2) is 54.7 Å². The number of rotatable bonds is 3. The number of carbonyl (C=O) groups excluding carboxylic acids is 1. The van der Waals surface area contributed by atoms with Crippen molar-refractivity contribution < 1.29 is 9.18 Å². The summed E-state index contributed by atoms with van der Waals surface area (Å²) in [5, 5.41) is 0.635. The summed E-state index contributed by atoms with van der Waals surface area (Å²) in [5.74, 6) is -0.362. The number of hydrogen-bond donors (Lipinski definition) is 1. The van der Waals surface area contributed by atoms with Gasteiger partial charge in [-0.1, -0.05) is 23.7 Å². The van der Waals surface area contributed by atoms with Crippen molar-refractivity contribution >= 4 is 23.5 Å². The number of nitrogen functional groups attached to an aromatic ring is 1. The van der Waals surface area contributed by atoms with Gasteiger partial charge in [0.1, 0.15) is 5.82 Å². The van der Waals surface area contributed by atoms with Gasteiger partial charge in [-0.15, -0.1) is 0 Å². The molecule has 0 spiro atoms. The van der Waals surface area contributed by atoms with E-state index in [1.165, 1.54) is 24.3 Å². The molecular formula is C21H18ClFN4O. The Morgan fingerprint density at radius 3 is 2.57 bits per heavy atom. The van der Waals surface area contributed by atoms with Crippen LogP contribution in [0.25, 0.3) is 11.1 Å². The molecule has 1 aliphatic rings. The number of hydrogen-bond acceptors (Lipinski definition) is 4. The summed E-state index contributed by atoms with van der Waals surface area (Å²) in [6.07, 6.45) is 3.30. The lowest BCUT2D eigenvalue weighted by molar-refractivity contribution is 0.0733. The molecule has 5 nitrogen and oxygen atoms in total. The number of halogens is 2. The maximum absolute atomic E-state index is 13.2. The zero-order valence-corrected chi connectivity index (χ0v) is 15.7. The fourth-order valence-electron chi connectivity index (χ4n) is 3.57. The van der Waals surface area contributed by atoms with Crippen molar-refractivity contribution in [2.75, 3.05) is 12.3 Å². The van der Waals surface area contributed by atoms with Gasteiger partial charge in [-0.2, -0.15) is 0 Å². The van der Waals surface area contributed by atoms with E-state index in [2.05, 4.69) is 9.97 Å². The number of aromatic nitrogens is 2. The molecular weight excluding hydrogens is 379 g/mol. The molecule has 2 aromatic carbocycles. The van der Waals surface area contributed by atoms with Crippen LogP contribution in [0.3, 0.4) is 0 Å². The van der Waals surface area contributed by atoms with E-state index in [-0.39, 0.29) is 23.7 Å². The maximum Gasteiger partial charge on any atom is 0.254 e. The molecule has 0 aliphatic carbocycles. The zero-order chi connectivity index (χ0) is 19.7. The van der Waals surface area contributed by atoms with E-state index >= 15 is 0 Å². The van der Waals surface area contributed by atoms with Crippen molar-refractivity contribution in [1.29, 1.82) is 0 Å². The molecule has 0 radical (unpaired) electrons. The fourth-order valence-corrected chi connectivity index (χ4v) is 3.69. The van der Waals surface area contributed by atoms with E-state index in [0.29, 0.717) is 22.8 Å². The molecule has 0 bridgehead atoms. The first kappa shape index (κ1) is 18.4. The van der Waals surface area contributed by atoms with Crippen LogP contribution in [0.1, 0.15) is 34.9 Å². The van der Waals surface area contributed by atoms with Gasteiger partial charge in [0.05, 0.1) is 11.7 Å². The Labute approximate surface area is 167 Å². The molecule has 1 aliphatic heterocycles. The van der Waals surface area contributed by atoms with E-state index in [9.17, 15) is 9.18 Å². The molecule has 2 heterocycles. The second kappa shape index (κ2) is 7.56. The van der Waals surface area contributed by atoms with Gasteiger partial charge in [0.15, 0.2) is 0 Å². The molecule has 7 heteroatoms. The number of benzene rings is 2. The SMILES string of the molecule is Nc1ncc(-c2ccc(Cl)cc2)c([C@H]2CCCN2C(=O)c2ccc(F)cc2)n1. The standard InChI is InChI=1S/C21H18ClFN4O/c22-15-7-3-13(4-8-15)17-12-25-21(24)26-19(17)18-2-1-11-27(18)20(28)14-5-9-16(23)10-6-14/h3-10,12,18H,1-2,11H2,(H2,24,25,26)/t18-/m1/s1. The normalized spacial score (nSPS) is 16.4. The average molecular weight is 397 g/mol. The predicted octanol–water partition coefficient (Wildman–Crippen LogP) is 4.50. The van der Waals surface area contributed by atoms with E-state index in [4.69, 9.17) is 17.3 Å². The Kier molecular flexibility index (Phi) is 4.96.